The zero-order valence-corrected chi connectivity index (χ0v) is 11.4. The lowest BCUT2D eigenvalue weighted by Gasteiger charge is -2.19. The first-order valence-electron chi connectivity index (χ1n) is 6.36. The van der Waals surface area contributed by atoms with Gasteiger partial charge in [0.05, 0.1) is 5.69 Å². The second-order valence-electron chi connectivity index (χ2n) is 4.71. The first kappa shape index (κ1) is 13.1. The molecular formula is C14H13FN2O2S. The van der Waals surface area contributed by atoms with Crippen molar-refractivity contribution >= 4 is 22.4 Å². The van der Waals surface area contributed by atoms with Crippen LogP contribution in [0.2, 0.25) is 0 Å². The number of carbonyl (C=O) groups is 1. The second-order valence-corrected chi connectivity index (χ2v) is 5.55. The summed E-state index contributed by atoms with van der Waals surface area (Å²) in [5, 5.41) is 11.8. The van der Waals surface area contributed by atoms with Gasteiger partial charge in [0, 0.05) is 17.5 Å². The second kappa shape index (κ2) is 5.20. The summed E-state index contributed by atoms with van der Waals surface area (Å²) >= 11 is 1.42. The van der Waals surface area contributed by atoms with E-state index in [0.717, 1.165) is 17.7 Å². The van der Waals surface area contributed by atoms with Crippen molar-refractivity contribution in [2.75, 3.05) is 11.4 Å². The Labute approximate surface area is 119 Å². The van der Waals surface area contributed by atoms with Crippen LogP contribution in [0.1, 0.15) is 12.8 Å². The van der Waals surface area contributed by atoms with Gasteiger partial charge in [0.2, 0.25) is 0 Å². The topological polar surface area (TPSA) is 53.4 Å². The number of carboxylic acid groups (broad SMARTS) is 1. The van der Waals surface area contributed by atoms with Crippen LogP contribution in [0.5, 0.6) is 0 Å². The minimum atomic E-state index is -0.805. The number of carboxylic acids is 1. The van der Waals surface area contributed by atoms with E-state index in [0.29, 0.717) is 18.1 Å². The lowest BCUT2D eigenvalue weighted by Crippen LogP contribution is -2.35. The molecule has 1 saturated heterocycles. The number of rotatable bonds is 3. The predicted octanol–water partition coefficient (Wildman–Crippen LogP) is 3.00. The third-order valence-corrected chi connectivity index (χ3v) is 4.29. The maximum atomic E-state index is 12.9. The van der Waals surface area contributed by atoms with Crippen LogP contribution < -0.4 is 4.90 Å². The lowest BCUT2D eigenvalue weighted by atomic mass is 10.2. The molecule has 0 aliphatic carbocycles. The van der Waals surface area contributed by atoms with Crippen molar-refractivity contribution in [3.8, 4) is 11.3 Å². The highest BCUT2D eigenvalue weighted by molar-refractivity contribution is 7.14. The number of hydrogen-bond donors (Lipinski definition) is 1. The van der Waals surface area contributed by atoms with Gasteiger partial charge < -0.3 is 10.0 Å². The molecule has 6 heteroatoms. The lowest BCUT2D eigenvalue weighted by molar-refractivity contribution is -0.138. The number of anilines is 1. The molecule has 1 aromatic heterocycles. The van der Waals surface area contributed by atoms with Gasteiger partial charge in [0.1, 0.15) is 11.9 Å². The summed E-state index contributed by atoms with van der Waals surface area (Å²) in [4.78, 5) is 17.5. The Hall–Kier alpha value is -1.95. The van der Waals surface area contributed by atoms with E-state index >= 15 is 0 Å². The molecule has 0 spiro atoms. The van der Waals surface area contributed by atoms with E-state index in [9.17, 15) is 14.3 Å². The van der Waals surface area contributed by atoms with Crippen molar-refractivity contribution in [1.29, 1.82) is 0 Å². The molecule has 1 aliphatic heterocycles. The number of nitrogens with zero attached hydrogens (tertiary/aromatic N) is 2. The Balaban J connectivity index is 1.86. The van der Waals surface area contributed by atoms with Gasteiger partial charge in [-0.1, -0.05) is 0 Å². The average molecular weight is 292 g/mol. The fourth-order valence-corrected chi connectivity index (χ4v) is 3.31. The molecule has 0 amide bonds. The number of benzene rings is 1. The zero-order valence-electron chi connectivity index (χ0n) is 10.6. The molecule has 0 radical (unpaired) electrons. The smallest absolute Gasteiger partial charge is 0.326 e. The molecule has 1 aromatic carbocycles. The fraction of sp³-hybridized carbons (Fsp3) is 0.286. The number of halogens is 1. The summed E-state index contributed by atoms with van der Waals surface area (Å²) in [7, 11) is 0. The van der Waals surface area contributed by atoms with Crippen molar-refractivity contribution < 1.29 is 14.3 Å². The van der Waals surface area contributed by atoms with Gasteiger partial charge in [-0.05, 0) is 37.1 Å². The van der Waals surface area contributed by atoms with Crippen molar-refractivity contribution in [1.82, 2.24) is 4.98 Å². The van der Waals surface area contributed by atoms with Gasteiger partial charge in [-0.25, -0.2) is 14.2 Å². The monoisotopic (exact) mass is 292 g/mol. The standard InChI is InChI=1S/C14H13FN2O2S/c15-10-5-3-9(4-6-10)11-8-20-14(16-11)17-7-1-2-12(17)13(18)19/h3-6,8,12H,1-2,7H2,(H,18,19)/t12-/m1/s1. The Bertz CT molecular complexity index is 626. The van der Waals surface area contributed by atoms with Crippen LogP contribution in [0.15, 0.2) is 29.6 Å². The highest BCUT2D eigenvalue weighted by Crippen LogP contribution is 2.32. The number of aliphatic carboxylic acids is 1. The molecule has 0 unspecified atom stereocenters. The van der Waals surface area contributed by atoms with E-state index in [1.165, 1.54) is 23.5 Å². The van der Waals surface area contributed by atoms with Crippen molar-refractivity contribution in [2.45, 2.75) is 18.9 Å². The minimum absolute atomic E-state index is 0.283. The van der Waals surface area contributed by atoms with E-state index in [4.69, 9.17) is 0 Å². The molecule has 2 aromatic rings. The number of thiazole rings is 1. The van der Waals surface area contributed by atoms with Gasteiger partial charge in [-0.15, -0.1) is 11.3 Å². The van der Waals surface area contributed by atoms with E-state index in [-0.39, 0.29) is 5.82 Å². The molecule has 20 heavy (non-hydrogen) atoms. The predicted molar refractivity (Wildman–Crippen MR) is 75.5 cm³/mol. The summed E-state index contributed by atoms with van der Waals surface area (Å²) < 4.78 is 12.9. The first-order chi connectivity index (χ1) is 9.65. The Morgan fingerprint density at radius 1 is 1.40 bits per heavy atom. The normalized spacial score (nSPS) is 18.4. The number of aromatic nitrogens is 1. The average Bonchev–Trinajstić information content (AvgIpc) is 3.08. The molecule has 0 saturated carbocycles. The molecule has 1 N–H and O–H groups in total. The van der Waals surface area contributed by atoms with E-state index in [1.54, 1.807) is 12.1 Å². The third-order valence-electron chi connectivity index (χ3n) is 3.42. The Kier molecular flexibility index (Phi) is 3.40. The summed E-state index contributed by atoms with van der Waals surface area (Å²) in [5.41, 5.74) is 1.58. The molecule has 1 atom stereocenters. The van der Waals surface area contributed by atoms with E-state index < -0.39 is 12.0 Å². The highest BCUT2D eigenvalue weighted by atomic mass is 32.1. The van der Waals surface area contributed by atoms with Gasteiger partial charge in [0.15, 0.2) is 5.13 Å². The van der Waals surface area contributed by atoms with Crippen LogP contribution in [-0.2, 0) is 4.79 Å². The van der Waals surface area contributed by atoms with Crippen LogP contribution >= 0.6 is 11.3 Å². The Morgan fingerprint density at radius 2 is 2.15 bits per heavy atom. The van der Waals surface area contributed by atoms with Crippen LogP contribution in [-0.4, -0.2) is 28.6 Å². The van der Waals surface area contributed by atoms with Crippen LogP contribution in [0.25, 0.3) is 11.3 Å². The van der Waals surface area contributed by atoms with Crippen LogP contribution in [0.4, 0.5) is 9.52 Å². The van der Waals surface area contributed by atoms with Crippen molar-refractivity contribution in [3.63, 3.8) is 0 Å². The molecule has 0 bridgehead atoms. The third kappa shape index (κ3) is 2.38. The zero-order chi connectivity index (χ0) is 14.1. The minimum Gasteiger partial charge on any atom is -0.480 e. The van der Waals surface area contributed by atoms with Gasteiger partial charge in [-0.3, -0.25) is 0 Å². The largest absolute Gasteiger partial charge is 0.480 e. The summed E-state index contributed by atoms with van der Waals surface area (Å²) in [6, 6.07) is 5.65. The molecule has 104 valence electrons. The molecule has 4 nitrogen and oxygen atoms in total. The fourth-order valence-electron chi connectivity index (χ4n) is 2.40. The first-order valence-corrected chi connectivity index (χ1v) is 7.24. The van der Waals surface area contributed by atoms with Crippen LogP contribution in [0.3, 0.4) is 0 Å². The van der Waals surface area contributed by atoms with Gasteiger partial charge in [0.25, 0.3) is 0 Å². The molecule has 1 aliphatic rings. The summed E-state index contributed by atoms with van der Waals surface area (Å²) in [6.45, 7) is 0.716. The molecule has 1 fully saturated rings. The van der Waals surface area contributed by atoms with Crippen molar-refractivity contribution in [3.05, 3.63) is 35.5 Å². The SMILES string of the molecule is O=C(O)[C@H]1CCCN1c1nc(-c2ccc(F)cc2)cs1. The maximum absolute atomic E-state index is 12.9. The van der Waals surface area contributed by atoms with Gasteiger partial charge >= 0.3 is 5.97 Å². The van der Waals surface area contributed by atoms with E-state index in [1.807, 2.05) is 10.3 Å². The Morgan fingerprint density at radius 3 is 2.85 bits per heavy atom. The quantitative estimate of drug-likeness (QED) is 0.945. The summed E-state index contributed by atoms with van der Waals surface area (Å²) in [5.74, 6) is -1.09. The summed E-state index contributed by atoms with van der Waals surface area (Å²) in [6.07, 6.45) is 1.52. The van der Waals surface area contributed by atoms with Crippen molar-refractivity contribution in [2.24, 2.45) is 0 Å². The van der Waals surface area contributed by atoms with Crippen LogP contribution in [0, 0.1) is 5.82 Å². The maximum Gasteiger partial charge on any atom is 0.326 e. The molecule has 3 rings (SSSR count). The highest BCUT2D eigenvalue weighted by Gasteiger charge is 2.32. The number of hydrogen-bond acceptors (Lipinski definition) is 4. The molecule has 2 heterocycles. The van der Waals surface area contributed by atoms with E-state index in [2.05, 4.69) is 4.98 Å². The molecular weight excluding hydrogens is 279 g/mol. The van der Waals surface area contributed by atoms with Gasteiger partial charge in [-0.2, -0.15) is 0 Å².